The summed E-state index contributed by atoms with van der Waals surface area (Å²) in [5.41, 5.74) is 1.16. The van der Waals surface area contributed by atoms with Gasteiger partial charge in [-0.2, -0.15) is 0 Å². The van der Waals surface area contributed by atoms with Crippen molar-refractivity contribution in [3.05, 3.63) is 57.0 Å². The van der Waals surface area contributed by atoms with E-state index in [2.05, 4.69) is 47.8 Å². The highest BCUT2D eigenvalue weighted by atomic mass is 79.9. The molecule has 0 bridgehead atoms. The summed E-state index contributed by atoms with van der Waals surface area (Å²) in [5, 5.41) is 0.792. The molecule has 0 aromatic heterocycles. The van der Waals surface area contributed by atoms with Crippen molar-refractivity contribution in [1.82, 2.24) is 0 Å². The molecule has 0 aliphatic rings. The third-order valence-corrected chi connectivity index (χ3v) is 4.50. The summed E-state index contributed by atoms with van der Waals surface area (Å²) in [7, 11) is 0. The third-order valence-electron chi connectivity index (χ3n) is 2.60. The van der Waals surface area contributed by atoms with Crippen LogP contribution >= 0.6 is 47.8 Å². The molecule has 106 valence electrons. The highest BCUT2D eigenvalue weighted by molar-refractivity contribution is 9.11. The van der Waals surface area contributed by atoms with Gasteiger partial charge >= 0.3 is 0 Å². The summed E-state index contributed by atoms with van der Waals surface area (Å²) in [6.07, 6.45) is 0. The highest BCUT2D eigenvalue weighted by Crippen LogP contribution is 2.24. The Bertz CT molecular complexity index is 556. The van der Waals surface area contributed by atoms with E-state index in [-0.39, 0.29) is 0 Å². The minimum Gasteiger partial charge on any atom is -0.490 e. The fourth-order valence-electron chi connectivity index (χ4n) is 1.59. The van der Waals surface area contributed by atoms with Crippen LogP contribution in [0.3, 0.4) is 0 Å². The molecule has 2 aromatic rings. The zero-order valence-corrected chi connectivity index (χ0v) is 15.4. The average molecular weight is 465 g/mol. The maximum atomic E-state index is 5.67. The number of hydrogen-bond donors (Lipinski definition) is 0. The number of halogens is 3. The minimum absolute atomic E-state index is 0.513. The molecule has 0 saturated heterocycles. The van der Waals surface area contributed by atoms with E-state index < -0.39 is 0 Å². The molecule has 2 rings (SSSR count). The Kier molecular flexibility index (Phi) is 6.39. The van der Waals surface area contributed by atoms with Crippen LogP contribution in [0.2, 0.25) is 0 Å². The lowest BCUT2D eigenvalue weighted by atomic mass is 10.2. The highest BCUT2D eigenvalue weighted by Gasteiger charge is 2.01. The lowest BCUT2D eigenvalue weighted by Crippen LogP contribution is -2.09. The first-order valence-corrected chi connectivity index (χ1v) is 8.75. The quantitative estimate of drug-likeness (QED) is 0.411. The molecule has 0 heterocycles. The van der Waals surface area contributed by atoms with Crippen LogP contribution in [0, 0.1) is 0 Å². The van der Waals surface area contributed by atoms with Crippen molar-refractivity contribution < 1.29 is 9.47 Å². The molecule has 5 heteroatoms. The number of rotatable bonds is 6. The Hall–Kier alpha value is -0.520. The first-order valence-electron chi connectivity index (χ1n) is 6.04. The number of hydrogen-bond acceptors (Lipinski definition) is 2. The monoisotopic (exact) mass is 462 g/mol. The van der Waals surface area contributed by atoms with E-state index >= 15 is 0 Å². The topological polar surface area (TPSA) is 18.5 Å². The predicted molar refractivity (Wildman–Crippen MR) is 91.9 cm³/mol. The SMILES string of the molecule is BrCc1cc(OCCOc2ccc(Br)cc2)ccc1Br. The van der Waals surface area contributed by atoms with Crippen molar-refractivity contribution >= 4 is 47.8 Å². The van der Waals surface area contributed by atoms with Crippen LogP contribution in [0.25, 0.3) is 0 Å². The molecular weight excluding hydrogens is 452 g/mol. The van der Waals surface area contributed by atoms with Crippen LogP contribution in [0.5, 0.6) is 11.5 Å². The van der Waals surface area contributed by atoms with E-state index in [1.54, 1.807) is 0 Å². The van der Waals surface area contributed by atoms with Gasteiger partial charge < -0.3 is 9.47 Å². The fraction of sp³-hybridized carbons (Fsp3) is 0.200. The van der Waals surface area contributed by atoms with Crippen LogP contribution in [-0.4, -0.2) is 13.2 Å². The Morgan fingerprint density at radius 3 is 2.05 bits per heavy atom. The molecule has 0 atom stereocenters. The standard InChI is InChI=1S/C15H13Br3O2/c16-10-11-9-14(5-6-15(11)18)20-8-7-19-13-3-1-12(17)2-4-13/h1-6,9H,7-8,10H2. The van der Waals surface area contributed by atoms with Gasteiger partial charge in [-0.25, -0.2) is 0 Å². The lowest BCUT2D eigenvalue weighted by Gasteiger charge is -2.10. The first kappa shape index (κ1) is 15.9. The van der Waals surface area contributed by atoms with Crippen LogP contribution in [0.4, 0.5) is 0 Å². The van der Waals surface area contributed by atoms with Gasteiger partial charge in [0.25, 0.3) is 0 Å². The largest absolute Gasteiger partial charge is 0.490 e. The second-order valence-corrected chi connectivity index (χ2v) is 6.37. The molecule has 2 nitrogen and oxygen atoms in total. The summed E-state index contributed by atoms with van der Waals surface area (Å²) >= 11 is 10.3. The summed E-state index contributed by atoms with van der Waals surface area (Å²) in [5.74, 6) is 1.69. The zero-order valence-electron chi connectivity index (χ0n) is 10.6. The van der Waals surface area contributed by atoms with E-state index in [0.29, 0.717) is 13.2 Å². The van der Waals surface area contributed by atoms with Crippen molar-refractivity contribution in [2.24, 2.45) is 0 Å². The molecule has 0 aliphatic carbocycles. The van der Waals surface area contributed by atoms with Crippen molar-refractivity contribution in [2.45, 2.75) is 5.33 Å². The maximum absolute atomic E-state index is 5.67. The molecular formula is C15H13Br3O2. The van der Waals surface area contributed by atoms with Crippen molar-refractivity contribution in [3.63, 3.8) is 0 Å². The van der Waals surface area contributed by atoms with Crippen LogP contribution in [0.15, 0.2) is 51.4 Å². The molecule has 0 saturated carbocycles. The normalized spacial score (nSPS) is 10.3. The van der Waals surface area contributed by atoms with Crippen LogP contribution in [0.1, 0.15) is 5.56 Å². The third kappa shape index (κ3) is 4.79. The van der Waals surface area contributed by atoms with Crippen molar-refractivity contribution in [2.75, 3.05) is 13.2 Å². The van der Waals surface area contributed by atoms with E-state index in [1.807, 2.05) is 42.5 Å². The zero-order chi connectivity index (χ0) is 14.4. The number of alkyl halides is 1. The maximum Gasteiger partial charge on any atom is 0.122 e. The second kappa shape index (κ2) is 8.05. The Labute approximate surface area is 143 Å². The average Bonchev–Trinajstić information content (AvgIpc) is 2.47. The summed E-state index contributed by atoms with van der Waals surface area (Å²) in [6.45, 7) is 1.03. The summed E-state index contributed by atoms with van der Waals surface area (Å²) < 4.78 is 13.4. The fourth-order valence-corrected chi connectivity index (χ4v) is 3.08. The van der Waals surface area contributed by atoms with E-state index in [1.165, 1.54) is 0 Å². The summed E-state index contributed by atoms with van der Waals surface area (Å²) in [6, 6.07) is 13.7. The first-order chi connectivity index (χ1) is 9.69. The van der Waals surface area contributed by atoms with Crippen molar-refractivity contribution in [1.29, 1.82) is 0 Å². The smallest absolute Gasteiger partial charge is 0.122 e. The lowest BCUT2D eigenvalue weighted by molar-refractivity contribution is 0.217. The van der Waals surface area contributed by atoms with Crippen LogP contribution < -0.4 is 9.47 Å². The van der Waals surface area contributed by atoms with Gasteiger partial charge in [-0.3, -0.25) is 0 Å². The van der Waals surface area contributed by atoms with Gasteiger partial charge in [-0.15, -0.1) is 0 Å². The molecule has 0 fully saturated rings. The predicted octanol–water partition coefficient (Wildman–Crippen LogP) is 5.56. The Morgan fingerprint density at radius 1 is 0.800 bits per heavy atom. The van der Waals surface area contributed by atoms with E-state index in [0.717, 1.165) is 31.3 Å². The molecule has 20 heavy (non-hydrogen) atoms. The Morgan fingerprint density at radius 2 is 1.40 bits per heavy atom. The van der Waals surface area contributed by atoms with Crippen LogP contribution in [-0.2, 0) is 5.33 Å². The van der Waals surface area contributed by atoms with Gasteiger partial charge in [-0.05, 0) is 48.0 Å². The van der Waals surface area contributed by atoms with Gasteiger partial charge in [-0.1, -0.05) is 47.8 Å². The summed E-state index contributed by atoms with van der Waals surface area (Å²) in [4.78, 5) is 0. The number of benzene rings is 2. The second-order valence-electron chi connectivity index (χ2n) is 4.04. The Balaban J connectivity index is 1.79. The molecule has 0 radical (unpaired) electrons. The molecule has 2 aromatic carbocycles. The van der Waals surface area contributed by atoms with Gasteiger partial charge in [0, 0.05) is 14.3 Å². The molecule has 0 amide bonds. The van der Waals surface area contributed by atoms with E-state index in [4.69, 9.17) is 9.47 Å². The van der Waals surface area contributed by atoms with Gasteiger partial charge in [0.15, 0.2) is 0 Å². The van der Waals surface area contributed by atoms with Gasteiger partial charge in [0.05, 0.1) is 0 Å². The number of ether oxygens (including phenoxy) is 2. The van der Waals surface area contributed by atoms with Crippen molar-refractivity contribution in [3.8, 4) is 11.5 Å². The molecule has 0 spiro atoms. The minimum atomic E-state index is 0.513. The molecule has 0 N–H and O–H groups in total. The van der Waals surface area contributed by atoms with E-state index in [9.17, 15) is 0 Å². The van der Waals surface area contributed by atoms with Gasteiger partial charge in [0.1, 0.15) is 24.7 Å². The molecule has 0 aliphatic heterocycles. The molecule has 0 unspecified atom stereocenters. The van der Waals surface area contributed by atoms with Gasteiger partial charge in [0.2, 0.25) is 0 Å².